The first kappa shape index (κ1) is 11.8. The molecule has 0 bridgehead atoms. The number of pyridine rings is 1. The highest BCUT2D eigenvalue weighted by Gasteiger charge is 2.07. The van der Waals surface area contributed by atoms with Crippen LogP contribution in [0.4, 0.5) is 10.3 Å². The largest absolute Gasteiger partial charge is 0.353 e. The molecule has 0 aliphatic carbocycles. The van der Waals surface area contributed by atoms with Crippen LogP contribution in [0.1, 0.15) is 26.7 Å². The van der Waals surface area contributed by atoms with Crippen LogP contribution in [0.25, 0.3) is 5.65 Å². The number of fused-ring (bicyclic) bond motifs is 1. The van der Waals surface area contributed by atoms with Gasteiger partial charge in [0.25, 0.3) is 0 Å². The first-order valence-electron chi connectivity index (χ1n) is 5.98. The number of halogens is 1. The van der Waals surface area contributed by atoms with E-state index in [1.165, 1.54) is 16.8 Å². The molecule has 0 saturated heterocycles. The first-order valence-corrected chi connectivity index (χ1v) is 5.98. The SMILES string of the molecule is CCC(CC)CNc1nc2ccc(F)cn2n1. The zero-order valence-corrected chi connectivity index (χ0v) is 10.2. The zero-order chi connectivity index (χ0) is 12.3. The molecule has 0 spiro atoms. The second-order valence-electron chi connectivity index (χ2n) is 4.15. The molecule has 0 unspecified atom stereocenters. The van der Waals surface area contributed by atoms with E-state index in [4.69, 9.17) is 0 Å². The number of hydrogen-bond acceptors (Lipinski definition) is 3. The van der Waals surface area contributed by atoms with Gasteiger partial charge in [0.1, 0.15) is 5.82 Å². The average Bonchev–Trinajstić information content (AvgIpc) is 2.72. The van der Waals surface area contributed by atoms with Crippen LogP contribution < -0.4 is 5.32 Å². The summed E-state index contributed by atoms with van der Waals surface area (Å²) < 4.78 is 14.4. The lowest BCUT2D eigenvalue weighted by Gasteiger charge is -2.11. The third-order valence-electron chi connectivity index (χ3n) is 3.00. The van der Waals surface area contributed by atoms with Crippen LogP contribution in [0, 0.1) is 11.7 Å². The van der Waals surface area contributed by atoms with Gasteiger partial charge in [-0.15, -0.1) is 5.10 Å². The van der Waals surface area contributed by atoms with Crippen molar-refractivity contribution in [1.82, 2.24) is 14.6 Å². The molecule has 2 rings (SSSR count). The summed E-state index contributed by atoms with van der Waals surface area (Å²) in [6.45, 7) is 5.19. The maximum absolute atomic E-state index is 13.0. The lowest BCUT2D eigenvalue weighted by molar-refractivity contribution is 0.517. The maximum Gasteiger partial charge on any atom is 0.243 e. The highest BCUT2D eigenvalue weighted by Crippen LogP contribution is 2.10. The lowest BCUT2D eigenvalue weighted by Crippen LogP contribution is -2.13. The van der Waals surface area contributed by atoms with Crippen molar-refractivity contribution in [3.05, 3.63) is 24.1 Å². The van der Waals surface area contributed by atoms with Gasteiger partial charge >= 0.3 is 0 Å². The molecule has 0 aliphatic heterocycles. The van der Waals surface area contributed by atoms with Gasteiger partial charge in [-0.05, 0) is 18.1 Å². The minimum atomic E-state index is -0.311. The normalized spacial score (nSPS) is 11.3. The van der Waals surface area contributed by atoms with Crippen LogP contribution in [0.5, 0.6) is 0 Å². The number of anilines is 1. The van der Waals surface area contributed by atoms with Crippen molar-refractivity contribution in [2.24, 2.45) is 5.92 Å². The van der Waals surface area contributed by atoms with Crippen LogP contribution in [0.3, 0.4) is 0 Å². The molecule has 2 aromatic rings. The number of nitrogens with zero attached hydrogens (tertiary/aromatic N) is 3. The van der Waals surface area contributed by atoms with Gasteiger partial charge in [0, 0.05) is 6.54 Å². The van der Waals surface area contributed by atoms with E-state index < -0.39 is 0 Å². The third-order valence-corrected chi connectivity index (χ3v) is 3.00. The summed E-state index contributed by atoms with van der Waals surface area (Å²) in [5, 5.41) is 7.36. The number of rotatable bonds is 5. The van der Waals surface area contributed by atoms with E-state index in [2.05, 4.69) is 29.2 Å². The molecule has 4 nitrogen and oxygen atoms in total. The molecule has 2 heterocycles. The average molecular weight is 236 g/mol. The van der Waals surface area contributed by atoms with Crippen molar-refractivity contribution in [3.63, 3.8) is 0 Å². The second kappa shape index (κ2) is 5.12. The molecule has 1 N–H and O–H groups in total. The van der Waals surface area contributed by atoms with Crippen molar-refractivity contribution in [2.45, 2.75) is 26.7 Å². The fourth-order valence-corrected chi connectivity index (χ4v) is 1.75. The van der Waals surface area contributed by atoms with Gasteiger partial charge in [-0.25, -0.2) is 8.91 Å². The molecule has 0 amide bonds. The summed E-state index contributed by atoms with van der Waals surface area (Å²) in [7, 11) is 0. The predicted octanol–water partition coefficient (Wildman–Crippen LogP) is 2.72. The molecule has 0 radical (unpaired) electrons. The Bertz CT molecular complexity index is 490. The van der Waals surface area contributed by atoms with Crippen molar-refractivity contribution >= 4 is 11.6 Å². The summed E-state index contributed by atoms with van der Waals surface area (Å²) >= 11 is 0. The Labute approximate surface area is 99.9 Å². The standard InChI is InChI=1S/C12H17FN4/c1-3-9(4-2)7-14-12-15-11-6-5-10(13)8-17(11)16-12/h5-6,8-9H,3-4,7H2,1-2H3,(H,14,16). The van der Waals surface area contributed by atoms with E-state index in [9.17, 15) is 4.39 Å². The number of hydrogen-bond donors (Lipinski definition) is 1. The van der Waals surface area contributed by atoms with E-state index in [0.29, 0.717) is 17.5 Å². The van der Waals surface area contributed by atoms with Crippen LogP contribution in [0.2, 0.25) is 0 Å². The van der Waals surface area contributed by atoms with Crippen LogP contribution >= 0.6 is 0 Å². The van der Waals surface area contributed by atoms with E-state index in [-0.39, 0.29) is 5.82 Å². The first-order chi connectivity index (χ1) is 8.22. The Hall–Kier alpha value is -1.65. The summed E-state index contributed by atoms with van der Waals surface area (Å²) in [5.74, 6) is 0.870. The molecule has 2 aromatic heterocycles. The van der Waals surface area contributed by atoms with Crippen molar-refractivity contribution in [1.29, 1.82) is 0 Å². The summed E-state index contributed by atoms with van der Waals surface area (Å²) in [5.41, 5.74) is 0.651. The predicted molar refractivity (Wildman–Crippen MR) is 65.5 cm³/mol. The zero-order valence-electron chi connectivity index (χ0n) is 10.2. The van der Waals surface area contributed by atoms with Gasteiger partial charge in [0.15, 0.2) is 5.65 Å². The van der Waals surface area contributed by atoms with Crippen molar-refractivity contribution < 1.29 is 4.39 Å². The minimum Gasteiger partial charge on any atom is -0.353 e. The smallest absolute Gasteiger partial charge is 0.243 e. The molecule has 17 heavy (non-hydrogen) atoms. The molecular weight excluding hydrogens is 219 g/mol. The van der Waals surface area contributed by atoms with E-state index in [1.807, 2.05) is 0 Å². The molecule has 0 aliphatic rings. The summed E-state index contributed by atoms with van der Waals surface area (Å²) in [4.78, 5) is 4.27. The fourth-order valence-electron chi connectivity index (χ4n) is 1.75. The van der Waals surface area contributed by atoms with Crippen LogP contribution in [-0.4, -0.2) is 21.1 Å². The van der Waals surface area contributed by atoms with E-state index in [0.717, 1.165) is 19.4 Å². The van der Waals surface area contributed by atoms with Gasteiger partial charge in [0.05, 0.1) is 6.20 Å². The molecule has 92 valence electrons. The monoisotopic (exact) mass is 236 g/mol. The number of nitrogens with one attached hydrogen (secondary N) is 1. The molecule has 5 heteroatoms. The Morgan fingerprint density at radius 1 is 1.35 bits per heavy atom. The molecule has 0 atom stereocenters. The number of aromatic nitrogens is 3. The van der Waals surface area contributed by atoms with Gasteiger partial charge in [-0.1, -0.05) is 26.7 Å². The van der Waals surface area contributed by atoms with E-state index >= 15 is 0 Å². The summed E-state index contributed by atoms with van der Waals surface area (Å²) in [6.07, 6.45) is 3.58. The Morgan fingerprint density at radius 2 is 2.12 bits per heavy atom. The van der Waals surface area contributed by atoms with Crippen LogP contribution in [-0.2, 0) is 0 Å². The highest BCUT2D eigenvalue weighted by atomic mass is 19.1. The lowest BCUT2D eigenvalue weighted by atomic mass is 10.0. The van der Waals surface area contributed by atoms with Gasteiger partial charge in [0.2, 0.25) is 5.95 Å². The van der Waals surface area contributed by atoms with Crippen LogP contribution in [0.15, 0.2) is 18.3 Å². The van der Waals surface area contributed by atoms with Gasteiger partial charge in [-0.2, -0.15) is 4.98 Å². The molecule has 0 fully saturated rings. The Balaban J connectivity index is 2.09. The Morgan fingerprint density at radius 3 is 2.82 bits per heavy atom. The minimum absolute atomic E-state index is 0.311. The van der Waals surface area contributed by atoms with Gasteiger partial charge in [-0.3, -0.25) is 0 Å². The fraction of sp³-hybridized carbons (Fsp3) is 0.500. The van der Waals surface area contributed by atoms with Gasteiger partial charge < -0.3 is 5.32 Å². The van der Waals surface area contributed by atoms with Crippen molar-refractivity contribution in [2.75, 3.05) is 11.9 Å². The third kappa shape index (κ3) is 2.72. The summed E-state index contributed by atoms with van der Waals surface area (Å²) in [6, 6.07) is 3.00. The molecule has 0 aromatic carbocycles. The quantitative estimate of drug-likeness (QED) is 0.868. The topological polar surface area (TPSA) is 42.2 Å². The highest BCUT2D eigenvalue weighted by molar-refractivity contribution is 5.42. The maximum atomic E-state index is 13.0. The van der Waals surface area contributed by atoms with E-state index in [1.54, 1.807) is 6.07 Å². The second-order valence-corrected chi connectivity index (χ2v) is 4.15. The van der Waals surface area contributed by atoms with Crippen molar-refractivity contribution in [3.8, 4) is 0 Å². The Kier molecular flexibility index (Phi) is 3.56. The molecular formula is C12H17FN4. The molecule has 0 saturated carbocycles.